The van der Waals surface area contributed by atoms with E-state index in [-0.39, 0.29) is 18.1 Å². The third-order valence-electron chi connectivity index (χ3n) is 2.99. The van der Waals surface area contributed by atoms with Crippen molar-refractivity contribution < 1.29 is 22.3 Å². The van der Waals surface area contributed by atoms with Gasteiger partial charge in [-0.05, 0) is 31.2 Å². The van der Waals surface area contributed by atoms with Crippen LogP contribution in [0.2, 0.25) is 0 Å². The summed E-state index contributed by atoms with van der Waals surface area (Å²) >= 11 is 1.17. The van der Waals surface area contributed by atoms with Crippen molar-refractivity contribution in [3.8, 4) is 10.6 Å². The minimum absolute atomic E-state index is 0.0116. The van der Waals surface area contributed by atoms with Gasteiger partial charge in [-0.25, -0.2) is 22.5 Å². The molecule has 0 saturated carbocycles. The van der Waals surface area contributed by atoms with Crippen molar-refractivity contribution in [1.82, 2.24) is 9.71 Å². The lowest BCUT2D eigenvalue weighted by Gasteiger charge is -2.11. The van der Waals surface area contributed by atoms with Gasteiger partial charge in [0.1, 0.15) is 21.8 Å². The molecule has 0 spiro atoms. The van der Waals surface area contributed by atoms with Crippen LogP contribution in [0, 0.1) is 5.82 Å². The van der Waals surface area contributed by atoms with Gasteiger partial charge in [-0.3, -0.25) is 4.79 Å². The minimum atomic E-state index is -3.84. The van der Waals surface area contributed by atoms with Crippen LogP contribution >= 0.6 is 11.3 Å². The Morgan fingerprint density at radius 1 is 1.39 bits per heavy atom. The molecule has 0 aliphatic rings. The van der Waals surface area contributed by atoms with Crippen LogP contribution < -0.4 is 4.72 Å². The second-order valence-corrected chi connectivity index (χ2v) is 7.74. The topological polar surface area (TPSA) is 85.4 Å². The number of ether oxygens (including phenoxy) is 1. The summed E-state index contributed by atoms with van der Waals surface area (Å²) in [6.07, 6.45) is 0. The zero-order chi connectivity index (χ0) is 17.0. The van der Waals surface area contributed by atoms with E-state index in [2.05, 4.69) is 4.98 Å². The van der Waals surface area contributed by atoms with Crippen molar-refractivity contribution in [1.29, 1.82) is 0 Å². The monoisotopic (exact) mass is 358 g/mol. The molecule has 0 fully saturated rings. The number of carbonyl (C=O) groups excluding carboxylic acids is 1. The van der Waals surface area contributed by atoms with Gasteiger partial charge in [0.15, 0.2) is 0 Å². The number of hydrogen-bond donors (Lipinski definition) is 1. The van der Waals surface area contributed by atoms with E-state index in [1.54, 1.807) is 0 Å². The normalized spacial score (nSPS) is 12.8. The van der Waals surface area contributed by atoms with E-state index in [1.807, 2.05) is 4.72 Å². The van der Waals surface area contributed by atoms with Crippen LogP contribution in [0.3, 0.4) is 0 Å². The van der Waals surface area contributed by atoms with E-state index in [1.165, 1.54) is 55.0 Å². The molecule has 2 rings (SSSR count). The standard InChI is InChI=1S/C14H15FN2O4S2/c1-9(7-21-2)23(19,20)17-13(18)12-8-22-14(16-12)10-3-5-11(15)6-4-10/h3-6,8-9H,7H2,1-2H3,(H,17,18)/t9-/m0/s1. The average Bonchev–Trinajstić information content (AvgIpc) is 2.98. The Labute approximate surface area is 137 Å². The molecule has 124 valence electrons. The summed E-state index contributed by atoms with van der Waals surface area (Å²) in [5.41, 5.74) is 0.633. The van der Waals surface area contributed by atoms with Crippen molar-refractivity contribution in [3.05, 3.63) is 41.2 Å². The van der Waals surface area contributed by atoms with Crippen LogP contribution in [0.5, 0.6) is 0 Å². The van der Waals surface area contributed by atoms with E-state index in [4.69, 9.17) is 4.74 Å². The van der Waals surface area contributed by atoms with Gasteiger partial charge in [-0.2, -0.15) is 0 Å². The second-order valence-electron chi connectivity index (χ2n) is 4.79. The van der Waals surface area contributed by atoms with Gasteiger partial charge < -0.3 is 4.74 Å². The molecule has 1 heterocycles. The maximum Gasteiger partial charge on any atom is 0.284 e. The lowest BCUT2D eigenvalue weighted by Crippen LogP contribution is -2.39. The van der Waals surface area contributed by atoms with E-state index in [0.29, 0.717) is 10.6 Å². The first-order chi connectivity index (χ1) is 10.8. The van der Waals surface area contributed by atoms with Gasteiger partial charge in [-0.1, -0.05) is 0 Å². The zero-order valence-corrected chi connectivity index (χ0v) is 14.1. The van der Waals surface area contributed by atoms with Crippen LogP contribution in [0.15, 0.2) is 29.6 Å². The van der Waals surface area contributed by atoms with Crippen molar-refractivity contribution in [2.24, 2.45) is 0 Å². The third-order valence-corrected chi connectivity index (χ3v) is 5.55. The number of sulfonamides is 1. The molecule has 1 atom stereocenters. The Morgan fingerprint density at radius 2 is 2.04 bits per heavy atom. The average molecular weight is 358 g/mol. The number of carbonyl (C=O) groups is 1. The molecule has 9 heteroatoms. The molecule has 0 saturated heterocycles. The Morgan fingerprint density at radius 3 is 2.65 bits per heavy atom. The summed E-state index contributed by atoms with van der Waals surface area (Å²) in [5, 5.41) is 1.08. The first-order valence-electron chi connectivity index (χ1n) is 6.60. The molecule has 0 aliphatic heterocycles. The number of nitrogens with zero attached hydrogens (tertiary/aromatic N) is 1. The summed E-state index contributed by atoms with van der Waals surface area (Å²) in [4.78, 5) is 16.1. The fraction of sp³-hybridized carbons (Fsp3) is 0.286. The SMILES string of the molecule is COC[C@H](C)S(=O)(=O)NC(=O)c1csc(-c2ccc(F)cc2)n1. The molecule has 0 unspecified atom stereocenters. The minimum Gasteiger partial charge on any atom is -0.383 e. The number of thiazole rings is 1. The first kappa shape index (κ1) is 17.5. The number of halogens is 1. The highest BCUT2D eigenvalue weighted by Crippen LogP contribution is 2.24. The predicted octanol–water partition coefficient (Wildman–Crippen LogP) is 2.04. The number of nitrogens with one attached hydrogen (secondary N) is 1. The molecular weight excluding hydrogens is 343 g/mol. The highest BCUT2D eigenvalue weighted by molar-refractivity contribution is 7.90. The molecular formula is C14H15FN2O4S2. The largest absolute Gasteiger partial charge is 0.383 e. The maximum absolute atomic E-state index is 12.9. The molecule has 0 aliphatic carbocycles. The van der Waals surface area contributed by atoms with E-state index in [9.17, 15) is 17.6 Å². The van der Waals surface area contributed by atoms with E-state index in [0.717, 1.165) is 0 Å². The number of aromatic nitrogens is 1. The molecule has 0 bridgehead atoms. The molecule has 1 aromatic heterocycles. The molecule has 23 heavy (non-hydrogen) atoms. The summed E-state index contributed by atoms with van der Waals surface area (Å²) in [6.45, 7) is 1.41. The Kier molecular flexibility index (Phi) is 5.45. The van der Waals surface area contributed by atoms with Crippen LogP contribution in [0.25, 0.3) is 10.6 Å². The summed E-state index contributed by atoms with van der Waals surface area (Å²) < 4.78 is 43.5. The van der Waals surface area contributed by atoms with Gasteiger partial charge in [0.05, 0.1) is 6.61 Å². The van der Waals surface area contributed by atoms with Gasteiger partial charge >= 0.3 is 0 Å². The van der Waals surface area contributed by atoms with E-state index < -0.39 is 21.2 Å². The molecule has 1 N–H and O–H groups in total. The lowest BCUT2D eigenvalue weighted by atomic mass is 10.2. The summed E-state index contributed by atoms with van der Waals surface area (Å²) in [6, 6.07) is 5.64. The van der Waals surface area contributed by atoms with Crippen LogP contribution in [-0.4, -0.2) is 38.3 Å². The van der Waals surface area contributed by atoms with Crippen molar-refractivity contribution in [2.75, 3.05) is 13.7 Å². The van der Waals surface area contributed by atoms with Gasteiger partial charge in [0.2, 0.25) is 10.0 Å². The number of benzene rings is 1. The maximum atomic E-state index is 12.9. The first-order valence-corrected chi connectivity index (χ1v) is 9.02. The van der Waals surface area contributed by atoms with Crippen LogP contribution in [0.1, 0.15) is 17.4 Å². The van der Waals surface area contributed by atoms with Gasteiger partial charge in [0.25, 0.3) is 5.91 Å². The van der Waals surface area contributed by atoms with Gasteiger partial charge in [0, 0.05) is 18.1 Å². The highest BCUT2D eigenvalue weighted by atomic mass is 32.2. The number of hydrogen-bond acceptors (Lipinski definition) is 6. The number of methoxy groups -OCH3 is 1. The summed E-state index contributed by atoms with van der Waals surface area (Å²) in [5.74, 6) is -1.18. The Balaban J connectivity index is 2.14. The number of amides is 1. The Hall–Kier alpha value is -1.84. The summed E-state index contributed by atoms with van der Waals surface area (Å²) in [7, 11) is -2.46. The van der Waals surface area contributed by atoms with Crippen molar-refractivity contribution in [3.63, 3.8) is 0 Å². The lowest BCUT2D eigenvalue weighted by molar-refractivity contribution is 0.0976. The smallest absolute Gasteiger partial charge is 0.284 e. The zero-order valence-electron chi connectivity index (χ0n) is 12.4. The molecule has 2 aromatic rings. The molecule has 1 amide bonds. The fourth-order valence-electron chi connectivity index (χ4n) is 1.71. The second kappa shape index (κ2) is 7.16. The van der Waals surface area contributed by atoms with Crippen molar-refractivity contribution in [2.45, 2.75) is 12.2 Å². The molecule has 1 aromatic carbocycles. The molecule has 6 nitrogen and oxygen atoms in total. The quantitative estimate of drug-likeness (QED) is 0.854. The van der Waals surface area contributed by atoms with Crippen LogP contribution in [-0.2, 0) is 14.8 Å². The number of rotatable bonds is 6. The third kappa shape index (κ3) is 4.34. The van der Waals surface area contributed by atoms with Gasteiger partial charge in [-0.15, -0.1) is 11.3 Å². The highest BCUT2D eigenvalue weighted by Gasteiger charge is 2.24. The molecule has 0 radical (unpaired) electrons. The Bertz CT molecular complexity index is 787. The van der Waals surface area contributed by atoms with Crippen LogP contribution in [0.4, 0.5) is 4.39 Å². The van der Waals surface area contributed by atoms with E-state index >= 15 is 0 Å². The predicted molar refractivity (Wildman–Crippen MR) is 85.2 cm³/mol. The van der Waals surface area contributed by atoms with Crippen molar-refractivity contribution >= 4 is 27.3 Å². The fourth-order valence-corrected chi connectivity index (χ4v) is 3.40.